The van der Waals surface area contributed by atoms with Crippen molar-refractivity contribution in [1.29, 1.82) is 0 Å². The van der Waals surface area contributed by atoms with Crippen LogP contribution in [0.2, 0.25) is 0 Å². The summed E-state index contributed by atoms with van der Waals surface area (Å²) in [6.07, 6.45) is 0.0766. The molecule has 4 N–H and O–H groups in total. The first kappa shape index (κ1) is 17.4. The largest absolute Gasteiger partial charge is 0.398 e. The van der Waals surface area contributed by atoms with Gasteiger partial charge in [0.2, 0.25) is 15.9 Å². The number of nitrogens with two attached hydrogens (primary N) is 1. The molecule has 0 unspecified atom stereocenters. The van der Waals surface area contributed by atoms with Crippen LogP contribution in [0.5, 0.6) is 0 Å². The fourth-order valence-electron chi connectivity index (χ4n) is 1.62. The Labute approximate surface area is 124 Å². The molecule has 0 bridgehead atoms. The van der Waals surface area contributed by atoms with Crippen LogP contribution in [0.15, 0.2) is 24.3 Å². The van der Waals surface area contributed by atoms with Crippen LogP contribution in [-0.2, 0) is 25.3 Å². The van der Waals surface area contributed by atoms with E-state index in [1.165, 1.54) is 7.11 Å². The third kappa shape index (κ3) is 7.07. The molecule has 0 aliphatic heterocycles. The lowest BCUT2D eigenvalue weighted by Crippen LogP contribution is -2.32. The molecule has 1 aromatic carbocycles. The summed E-state index contributed by atoms with van der Waals surface area (Å²) in [7, 11) is -1.98. The average Bonchev–Trinajstić information content (AvgIpc) is 2.41. The monoisotopic (exact) mass is 315 g/mol. The predicted octanol–water partition coefficient (Wildman–Crippen LogP) is -0.159. The number of carbonyl (C=O) groups excluding carboxylic acids is 1. The number of hydrogen-bond donors (Lipinski definition) is 3. The van der Waals surface area contributed by atoms with Gasteiger partial charge >= 0.3 is 0 Å². The van der Waals surface area contributed by atoms with Gasteiger partial charge < -0.3 is 15.8 Å². The van der Waals surface area contributed by atoms with E-state index in [0.717, 1.165) is 0 Å². The molecule has 0 aliphatic carbocycles. The second-order valence-corrected chi connectivity index (χ2v) is 6.25. The maximum absolute atomic E-state index is 11.9. The van der Waals surface area contributed by atoms with E-state index in [9.17, 15) is 13.2 Å². The molecule has 1 amide bonds. The summed E-state index contributed by atoms with van der Waals surface area (Å²) in [5.41, 5.74) is 6.67. The van der Waals surface area contributed by atoms with Crippen LogP contribution >= 0.6 is 0 Å². The highest BCUT2D eigenvalue weighted by Crippen LogP contribution is 2.13. The number of para-hydroxylation sites is 1. The summed E-state index contributed by atoms with van der Waals surface area (Å²) in [6, 6.07) is 6.77. The Morgan fingerprint density at radius 3 is 2.67 bits per heavy atom. The summed E-state index contributed by atoms with van der Waals surface area (Å²) in [5.74, 6) is -0.431. The Bertz CT molecular complexity index is 560. The lowest BCUT2D eigenvalue weighted by atomic mass is 10.2. The summed E-state index contributed by atoms with van der Waals surface area (Å²) in [4.78, 5) is 11.4. The fraction of sp³-hybridized carbons (Fsp3) is 0.462. The van der Waals surface area contributed by atoms with Crippen molar-refractivity contribution in [2.45, 2.75) is 12.2 Å². The fourth-order valence-corrected chi connectivity index (χ4v) is 2.81. The summed E-state index contributed by atoms with van der Waals surface area (Å²) in [5, 5.41) is 2.61. The average molecular weight is 315 g/mol. The molecule has 118 valence electrons. The van der Waals surface area contributed by atoms with Gasteiger partial charge in [-0.15, -0.1) is 0 Å². The van der Waals surface area contributed by atoms with Crippen molar-refractivity contribution in [3.8, 4) is 0 Å². The second-order valence-electron chi connectivity index (χ2n) is 4.44. The molecule has 0 saturated heterocycles. The van der Waals surface area contributed by atoms with Gasteiger partial charge in [-0.25, -0.2) is 13.1 Å². The van der Waals surface area contributed by atoms with Gasteiger partial charge in [0.05, 0.1) is 12.4 Å². The van der Waals surface area contributed by atoms with Gasteiger partial charge in [0.15, 0.2) is 0 Å². The molecule has 0 heterocycles. The van der Waals surface area contributed by atoms with E-state index in [4.69, 9.17) is 10.5 Å². The van der Waals surface area contributed by atoms with Crippen molar-refractivity contribution in [2.24, 2.45) is 0 Å². The smallest absolute Gasteiger partial charge is 0.221 e. The first-order chi connectivity index (χ1) is 9.94. The third-order valence-electron chi connectivity index (χ3n) is 2.70. The minimum atomic E-state index is -3.51. The van der Waals surface area contributed by atoms with Gasteiger partial charge in [-0.1, -0.05) is 18.2 Å². The Kier molecular flexibility index (Phi) is 7.13. The minimum Gasteiger partial charge on any atom is -0.398 e. The topological polar surface area (TPSA) is 111 Å². The number of rotatable bonds is 9. The zero-order chi connectivity index (χ0) is 15.7. The third-order valence-corrected chi connectivity index (χ3v) is 4.04. The Morgan fingerprint density at radius 2 is 2.00 bits per heavy atom. The van der Waals surface area contributed by atoms with Crippen molar-refractivity contribution in [3.63, 3.8) is 0 Å². The molecule has 1 aromatic rings. The first-order valence-electron chi connectivity index (χ1n) is 6.51. The molecular formula is C13H21N3O4S. The van der Waals surface area contributed by atoms with Crippen LogP contribution in [-0.4, -0.2) is 41.1 Å². The van der Waals surface area contributed by atoms with Crippen LogP contribution in [0.25, 0.3) is 0 Å². The number of carbonyl (C=O) groups is 1. The Hall–Kier alpha value is -1.64. The number of amides is 1. The standard InChI is InChI=1S/C13H21N3O4S/c1-20-9-8-15-13(17)6-7-16-21(18,19)10-11-4-2-3-5-12(11)14/h2-5,16H,6-10,14H2,1H3,(H,15,17). The highest BCUT2D eigenvalue weighted by atomic mass is 32.2. The normalized spacial score (nSPS) is 11.3. The van der Waals surface area contributed by atoms with E-state index in [1.54, 1.807) is 24.3 Å². The Balaban J connectivity index is 2.37. The maximum Gasteiger partial charge on any atom is 0.221 e. The van der Waals surface area contributed by atoms with Gasteiger partial charge in [0, 0.05) is 32.3 Å². The van der Waals surface area contributed by atoms with Gasteiger partial charge in [0.25, 0.3) is 0 Å². The summed E-state index contributed by atoms with van der Waals surface area (Å²) < 4.78 is 30.9. The lowest BCUT2D eigenvalue weighted by molar-refractivity contribution is -0.121. The molecule has 8 heteroatoms. The zero-order valence-corrected chi connectivity index (χ0v) is 12.8. The van der Waals surface area contributed by atoms with E-state index in [0.29, 0.717) is 24.4 Å². The molecule has 0 aromatic heterocycles. The first-order valence-corrected chi connectivity index (χ1v) is 8.16. The zero-order valence-electron chi connectivity index (χ0n) is 12.0. The summed E-state index contributed by atoms with van der Waals surface area (Å²) in [6.45, 7) is 0.876. The second kappa shape index (κ2) is 8.60. The lowest BCUT2D eigenvalue weighted by Gasteiger charge is -2.09. The highest BCUT2D eigenvalue weighted by Gasteiger charge is 2.13. The van der Waals surface area contributed by atoms with Crippen LogP contribution in [0, 0.1) is 0 Å². The predicted molar refractivity (Wildman–Crippen MR) is 81.0 cm³/mol. The molecule has 0 radical (unpaired) electrons. The van der Waals surface area contributed by atoms with Crippen LogP contribution in [0.4, 0.5) is 5.69 Å². The van der Waals surface area contributed by atoms with Crippen molar-refractivity contribution in [3.05, 3.63) is 29.8 Å². The van der Waals surface area contributed by atoms with Crippen molar-refractivity contribution >= 4 is 21.6 Å². The molecule has 0 saturated carbocycles. The SMILES string of the molecule is COCCNC(=O)CCNS(=O)(=O)Cc1ccccc1N. The minimum absolute atomic E-state index is 0.0495. The number of nitrogens with one attached hydrogen (secondary N) is 2. The van der Waals surface area contributed by atoms with Crippen LogP contribution < -0.4 is 15.8 Å². The summed E-state index contributed by atoms with van der Waals surface area (Å²) >= 11 is 0. The van der Waals surface area contributed by atoms with Crippen molar-refractivity contribution in [1.82, 2.24) is 10.0 Å². The van der Waals surface area contributed by atoms with Gasteiger partial charge in [-0.3, -0.25) is 4.79 Å². The molecule has 21 heavy (non-hydrogen) atoms. The number of anilines is 1. The quantitative estimate of drug-likeness (QED) is 0.433. The molecule has 0 spiro atoms. The van der Waals surface area contributed by atoms with Gasteiger partial charge in [-0.05, 0) is 11.6 Å². The number of benzene rings is 1. The van der Waals surface area contributed by atoms with Gasteiger partial charge in [0.1, 0.15) is 0 Å². The molecule has 0 aliphatic rings. The Morgan fingerprint density at radius 1 is 1.29 bits per heavy atom. The van der Waals surface area contributed by atoms with E-state index in [-0.39, 0.29) is 24.6 Å². The number of nitrogen functional groups attached to an aromatic ring is 1. The van der Waals surface area contributed by atoms with Crippen molar-refractivity contribution < 1.29 is 17.9 Å². The molecule has 0 fully saturated rings. The molecular weight excluding hydrogens is 294 g/mol. The highest BCUT2D eigenvalue weighted by molar-refractivity contribution is 7.88. The molecule has 7 nitrogen and oxygen atoms in total. The van der Waals surface area contributed by atoms with E-state index >= 15 is 0 Å². The van der Waals surface area contributed by atoms with Crippen LogP contribution in [0.3, 0.4) is 0 Å². The number of hydrogen-bond acceptors (Lipinski definition) is 5. The van der Waals surface area contributed by atoms with E-state index in [1.807, 2.05) is 0 Å². The van der Waals surface area contributed by atoms with E-state index in [2.05, 4.69) is 10.0 Å². The van der Waals surface area contributed by atoms with Crippen molar-refractivity contribution in [2.75, 3.05) is 32.5 Å². The molecule has 0 atom stereocenters. The molecule has 1 rings (SSSR count). The number of methoxy groups -OCH3 is 1. The van der Waals surface area contributed by atoms with E-state index < -0.39 is 10.0 Å². The van der Waals surface area contributed by atoms with Gasteiger partial charge in [-0.2, -0.15) is 0 Å². The number of ether oxygens (including phenoxy) is 1. The maximum atomic E-state index is 11.9. The van der Waals surface area contributed by atoms with Crippen LogP contribution in [0.1, 0.15) is 12.0 Å². The number of sulfonamides is 1.